The van der Waals surface area contributed by atoms with Gasteiger partial charge < -0.3 is 9.53 Å². The van der Waals surface area contributed by atoms with Gasteiger partial charge in [-0.1, -0.05) is 32.4 Å². The maximum Gasteiger partial charge on any atom is 0.139 e. The van der Waals surface area contributed by atoms with Gasteiger partial charge in [-0.25, -0.2) is 0 Å². The van der Waals surface area contributed by atoms with Gasteiger partial charge in [0.2, 0.25) is 0 Å². The molecule has 3 heteroatoms. The van der Waals surface area contributed by atoms with Gasteiger partial charge in [0.25, 0.3) is 0 Å². The molecule has 0 saturated heterocycles. The summed E-state index contributed by atoms with van der Waals surface area (Å²) < 4.78 is 6.04. The van der Waals surface area contributed by atoms with Crippen LogP contribution in [0.2, 0.25) is 0 Å². The molecule has 144 valence electrons. The highest BCUT2D eigenvalue weighted by Gasteiger charge is 2.61. The Kier molecular flexibility index (Phi) is 4.66. The monoisotopic (exact) mass is 358 g/mol. The van der Waals surface area contributed by atoms with E-state index in [9.17, 15) is 9.59 Å². The number of carbonyl (C=O) groups is 2. The summed E-state index contributed by atoms with van der Waals surface area (Å²) in [5, 5.41) is 0. The number of aldehydes is 1. The van der Waals surface area contributed by atoms with Crippen LogP contribution in [-0.2, 0) is 14.3 Å². The van der Waals surface area contributed by atoms with Crippen molar-refractivity contribution in [3.05, 3.63) is 11.6 Å². The van der Waals surface area contributed by atoms with Crippen molar-refractivity contribution in [2.75, 3.05) is 6.61 Å². The Morgan fingerprint density at radius 1 is 1.23 bits per heavy atom. The first-order valence-electron chi connectivity index (χ1n) is 10.8. The van der Waals surface area contributed by atoms with Gasteiger partial charge in [0.15, 0.2) is 0 Å². The molecule has 4 aliphatic rings. The summed E-state index contributed by atoms with van der Waals surface area (Å²) >= 11 is 0. The zero-order valence-electron chi connectivity index (χ0n) is 16.6. The third-order valence-electron chi connectivity index (χ3n) is 8.47. The zero-order valence-corrected chi connectivity index (χ0v) is 16.6. The quantitative estimate of drug-likeness (QED) is 0.538. The molecule has 0 aromatic heterocycles. The third-order valence-corrected chi connectivity index (χ3v) is 8.47. The van der Waals surface area contributed by atoms with Crippen LogP contribution in [0.3, 0.4) is 0 Å². The van der Waals surface area contributed by atoms with Crippen LogP contribution < -0.4 is 0 Å². The molecular weight excluding hydrogens is 324 g/mol. The number of carbonyl (C=O) groups excluding carboxylic acids is 2. The van der Waals surface area contributed by atoms with E-state index in [-0.39, 0.29) is 16.9 Å². The fraction of sp³-hybridized carbons (Fsp3) is 0.826. The van der Waals surface area contributed by atoms with E-state index in [1.807, 2.05) is 0 Å². The molecular formula is C23H34O3. The molecule has 2 unspecified atom stereocenters. The second-order valence-corrected chi connectivity index (χ2v) is 9.65. The lowest BCUT2D eigenvalue weighted by molar-refractivity contribution is -0.137. The second kappa shape index (κ2) is 6.58. The number of hydrogen-bond acceptors (Lipinski definition) is 3. The molecule has 0 amide bonds. The summed E-state index contributed by atoms with van der Waals surface area (Å²) in [5.41, 5.74) is 0.934. The summed E-state index contributed by atoms with van der Waals surface area (Å²) in [6, 6.07) is 0. The molecule has 3 nitrogen and oxygen atoms in total. The number of Topliss-reactive ketones (excluding diaryl/α,β-unsaturated/α-hetero) is 1. The highest BCUT2D eigenvalue weighted by Crippen LogP contribution is 2.64. The minimum Gasteiger partial charge on any atom is -0.378 e. The van der Waals surface area contributed by atoms with Crippen LogP contribution in [0.4, 0.5) is 0 Å². The van der Waals surface area contributed by atoms with E-state index >= 15 is 0 Å². The van der Waals surface area contributed by atoms with Gasteiger partial charge in [-0.05, 0) is 68.6 Å². The summed E-state index contributed by atoms with van der Waals surface area (Å²) in [4.78, 5) is 25.1. The van der Waals surface area contributed by atoms with Crippen LogP contribution in [0, 0.1) is 34.5 Å². The molecule has 7 atom stereocenters. The molecule has 0 aromatic rings. The van der Waals surface area contributed by atoms with Crippen LogP contribution in [-0.4, -0.2) is 24.8 Å². The zero-order chi connectivity index (χ0) is 18.5. The first kappa shape index (κ1) is 18.4. The summed E-state index contributed by atoms with van der Waals surface area (Å²) in [5.74, 6) is 2.31. The first-order valence-corrected chi connectivity index (χ1v) is 10.8. The number of hydrogen-bond donors (Lipinski definition) is 0. The fourth-order valence-electron chi connectivity index (χ4n) is 7.12. The molecule has 4 rings (SSSR count). The van der Waals surface area contributed by atoms with Crippen molar-refractivity contribution in [3.63, 3.8) is 0 Å². The average molecular weight is 359 g/mol. The molecule has 0 aliphatic heterocycles. The van der Waals surface area contributed by atoms with Gasteiger partial charge in [-0.3, -0.25) is 4.79 Å². The van der Waals surface area contributed by atoms with E-state index in [2.05, 4.69) is 26.8 Å². The Labute approximate surface area is 157 Å². The Morgan fingerprint density at radius 3 is 2.77 bits per heavy atom. The lowest BCUT2D eigenvalue weighted by Crippen LogP contribution is -2.54. The van der Waals surface area contributed by atoms with Gasteiger partial charge in [0, 0.05) is 18.4 Å². The van der Waals surface area contributed by atoms with E-state index in [0.717, 1.165) is 58.0 Å². The van der Waals surface area contributed by atoms with Crippen LogP contribution in [0.15, 0.2) is 11.6 Å². The third kappa shape index (κ3) is 2.49. The predicted molar refractivity (Wildman–Crippen MR) is 102 cm³/mol. The van der Waals surface area contributed by atoms with Gasteiger partial charge in [0.1, 0.15) is 12.1 Å². The van der Waals surface area contributed by atoms with E-state index in [4.69, 9.17) is 4.74 Å². The normalized spacial score (nSPS) is 47.6. The van der Waals surface area contributed by atoms with E-state index in [1.165, 1.54) is 11.9 Å². The number of ketones is 1. The smallest absolute Gasteiger partial charge is 0.139 e. The molecule has 0 bridgehead atoms. The van der Waals surface area contributed by atoms with Gasteiger partial charge in [-0.15, -0.1) is 0 Å². The molecule has 3 saturated carbocycles. The van der Waals surface area contributed by atoms with Crippen molar-refractivity contribution < 1.29 is 14.3 Å². The lowest BCUT2D eigenvalue weighted by atomic mass is 9.46. The Bertz CT molecular complexity index is 623. The number of rotatable bonds is 4. The maximum atomic E-state index is 12.6. The second-order valence-electron chi connectivity index (χ2n) is 9.65. The minimum atomic E-state index is -0.282. The van der Waals surface area contributed by atoms with Crippen molar-refractivity contribution in [1.82, 2.24) is 0 Å². The van der Waals surface area contributed by atoms with E-state index < -0.39 is 0 Å². The van der Waals surface area contributed by atoms with Crippen molar-refractivity contribution in [2.45, 2.75) is 78.2 Å². The summed E-state index contributed by atoms with van der Waals surface area (Å²) in [6.45, 7) is 7.49. The standard InChI is InChI=1S/C23H34O3/c1-4-11-26-17-7-10-23(14-24)16(13-17)12-15(2)21-18-5-6-20(25)22(18,3)9-8-19(21)23/h12,14-15,17-19,21H,4-11,13H2,1-3H3/t15?,17?,18-,19+,21-,22-,23+/m0/s1. The number of allylic oxidation sites excluding steroid dienone is 1. The van der Waals surface area contributed by atoms with Crippen LogP contribution >= 0.6 is 0 Å². The van der Waals surface area contributed by atoms with Crippen molar-refractivity contribution in [3.8, 4) is 0 Å². The fourth-order valence-corrected chi connectivity index (χ4v) is 7.12. The van der Waals surface area contributed by atoms with E-state index in [0.29, 0.717) is 29.5 Å². The van der Waals surface area contributed by atoms with E-state index in [1.54, 1.807) is 0 Å². The molecule has 0 spiro atoms. The molecule has 4 aliphatic carbocycles. The largest absolute Gasteiger partial charge is 0.378 e. The summed E-state index contributed by atoms with van der Waals surface area (Å²) in [7, 11) is 0. The molecule has 3 fully saturated rings. The Balaban J connectivity index is 1.67. The highest BCUT2D eigenvalue weighted by atomic mass is 16.5. The molecule has 26 heavy (non-hydrogen) atoms. The van der Waals surface area contributed by atoms with Crippen molar-refractivity contribution in [1.29, 1.82) is 0 Å². The van der Waals surface area contributed by atoms with Gasteiger partial charge in [0.05, 0.1) is 11.5 Å². The predicted octanol–water partition coefficient (Wildman–Crippen LogP) is 4.74. The van der Waals surface area contributed by atoms with Crippen LogP contribution in [0.5, 0.6) is 0 Å². The van der Waals surface area contributed by atoms with Crippen LogP contribution in [0.1, 0.15) is 72.1 Å². The highest BCUT2D eigenvalue weighted by molar-refractivity contribution is 5.87. The van der Waals surface area contributed by atoms with Crippen molar-refractivity contribution >= 4 is 12.1 Å². The molecule has 0 N–H and O–H groups in total. The lowest BCUT2D eigenvalue weighted by Gasteiger charge is -2.57. The molecule has 0 heterocycles. The number of ether oxygens (including phenoxy) is 1. The first-order chi connectivity index (χ1) is 12.5. The Morgan fingerprint density at radius 2 is 2.04 bits per heavy atom. The molecule has 0 radical (unpaired) electrons. The molecule has 0 aromatic carbocycles. The van der Waals surface area contributed by atoms with Crippen molar-refractivity contribution in [2.24, 2.45) is 34.5 Å². The average Bonchev–Trinajstić information content (AvgIpc) is 2.94. The Hall–Kier alpha value is -0.960. The topological polar surface area (TPSA) is 43.4 Å². The summed E-state index contributed by atoms with van der Waals surface area (Å²) in [6.07, 6.45) is 11.7. The van der Waals surface area contributed by atoms with Gasteiger partial charge in [-0.2, -0.15) is 0 Å². The maximum absolute atomic E-state index is 12.6. The van der Waals surface area contributed by atoms with Crippen LogP contribution in [0.25, 0.3) is 0 Å². The number of fused-ring (bicyclic) bond motifs is 5. The minimum absolute atomic E-state index is 0.133. The SMILES string of the molecule is CCCOC1CC[C@@]2(C=O)C(=CC(C)[C@@H]3[C@H]2CC[C@]2(C)C(=O)CC[C@@H]32)C1. The van der Waals surface area contributed by atoms with Gasteiger partial charge >= 0.3 is 0 Å².